The zero-order chi connectivity index (χ0) is 19.6. The standard InChI is InChI=1S/C19H24N2O5/c1-11-15(18(22)23)17(13-6-8-14(9-7-13)20(3)4)16(19(24)25)12(2)21(11)10-26-5/h6-9,17H,10H2,1-5H3,(H,22,23)(H,24,25). The Balaban J connectivity index is 2.69. The lowest BCUT2D eigenvalue weighted by Gasteiger charge is -2.36. The van der Waals surface area contributed by atoms with Gasteiger partial charge >= 0.3 is 11.9 Å². The minimum absolute atomic E-state index is 0.0441. The summed E-state index contributed by atoms with van der Waals surface area (Å²) in [7, 11) is 5.28. The molecule has 2 N–H and O–H groups in total. The van der Waals surface area contributed by atoms with Crippen LogP contribution in [0.2, 0.25) is 0 Å². The number of aliphatic carboxylic acids is 2. The summed E-state index contributed by atoms with van der Waals surface area (Å²) in [5, 5.41) is 19.6. The third kappa shape index (κ3) is 3.43. The van der Waals surface area contributed by atoms with Crippen LogP contribution in [0.25, 0.3) is 0 Å². The van der Waals surface area contributed by atoms with E-state index in [9.17, 15) is 19.8 Å². The van der Waals surface area contributed by atoms with Gasteiger partial charge in [0.05, 0.1) is 17.1 Å². The Hall–Kier alpha value is -2.80. The number of anilines is 1. The van der Waals surface area contributed by atoms with Crippen LogP contribution in [0.3, 0.4) is 0 Å². The first-order valence-corrected chi connectivity index (χ1v) is 8.12. The maximum atomic E-state index is 12.0. The van der Waals surface area contributed by atoms with Crippen molar-refractivity contribution < 1.29 is 24.5 Å². The van der Waals surface area contributed by atoms with Crippen LogP contribution in [0.15, 0.2) is 46.8 Å². The van der Waals surface area contributed by atoms with Crippen molar-refractivity contribution in [2.24, 2.45) is 0 Å². The van der Waals surface area contributed by atoms with Crippen LogP contribution in [-0.2, 0) is 14.3 Å². The lowest BCUT2D eigenvalue weighted by Crippen LogP contribution is -2.35. The first kappa shape index (κ1) is 19.5. The number of ether oxygens (including phenoxy) is 1. The van der Waals surface area contributed by atoms with Gasteiger partial charge < -0.3 is 24.7 Å². The largest absolute Gasteiger partial charge is 0.478 e. The molecule has 1 aliphatic rings. The second-order valence-electron chi connectivity index (χ2n) is 6.37. The van der Waals surface area contributed by atoms with Gasteiger partial charge in [0.25, 0.3) is 0 Å². The Morgan fingerprint density at radius 2 is 1.50 bits per heavy atom. The Morgan fingerprint density at radius 1 is 1.04 bits per heavy atom. The summed E-state index contributed by atoms with van der Waals surface area (Å²) in [6.07, 6.45) is 0. The van der Waals surface area contributed by atoms with Gasteiger partial charge in [-0.1, -0.05) is 12.1 Å². The predicted octanol–water partition coefficient (Wildman–Crippen LogP) is 2.47. The summed E-state index contributed by atoms with van der Waals surface area (Å²) in [6.45, 7) is 3.43. The maximum Gasteiger partial charge on any atom is 0.334 e. The molecule has 26 heavy (non-hydrogen) atoms. The lowest BCUT2D eigenvalue weighted by atomic mass is 9.80. The molecule has 140 valence electrons. The number of allylic oxidation sites excluding steroid dienone is 2. The van der Waals surface area contributed by atoms with Crippen molar-refractivity contribution in [3.05, 3.63) is 52.4 Å². The van der Waals surface area contributed by atoms with E-state index in [0.717, 1.165) is 5.69 Å². The van der Waals surface area contributed by atoms with Crippen LogP contribution in [0.4, 0.5) is 5.69 Å². The minimum Gasteiger partial charge on any atom is -0.478 e. The van der Waals surface area contributed by atoms with E-state index in [1.165, 1.54) is 7.11 Å². The molecule has 0 saturated carbocycles. The molecule has 7 heteroatoms. The zero-order valence-electron chi connectivity index (χ0n) is 15.6. The van der Waals surface area contributed by atoms with Gasteiger partial charge in [0.1, 0.15) is 6.73 Å². The SMILES string of the molecule is COCN1C(C)=C(C(=O)O)C(c2ccc(N(C)C)cc2)C(C(=O)O)=C1C. The highest BCUT2D eigenvalue weighted by molar-refractivity contribution is 5.98. The van der Waals surface area contributed by atoms with Crippen molar-refractivity contribution in [3.8, 4) is 0 Å². The molecule has 1 heterocycles. The smallest absolute Gasteiger partial charge is 0.334 e. The van der Waals surface area contributed by atoms with Crippen LogP contribution >= 0.6 is 0 Å². The normalized spacial score (nSPS) is 15.5. The number of methoxy groups -OCH3 is 1. The Labute approximate surface area is 152 Å². The summed E-state index contributed by atoms with van der Waals surface area (Å²) in [5.41, 5.74) is 2.61. The van der Waals surface area contributed by atoms with Crippen molar-refractivity contribution in [3.63, 3.8) is 0 Å². The van der Waals surface area contributed by atoms with E-state index >= 15 is 0 Å². The molecular weight excluding hydrogens is 336 g/mol. The average molecular weight is 360 g/mol. The van der Waals surface area contributed by atoms with Gasteiger partial charge in [-0.3, -0.25) is 0 Å². The molecule has 0 fully saturated rings. The maximum absolute atomic E-state index is 12.0. The van der Waals surface area contributed by atoms with Crippen LogP contribution in [-0.4, -0.2) is 55.0 Å². The van der Waals surface area contributed by atoms with Crippen LogP contribution in [0.5, 0.6) is 0 Å². The van der Waals surface area contributed by atoms with Crippen molar-refractivity contribution in [2.45, 2.75) is 19.8 Å². The molecule has 0 bridgehead atoms. The summed E-state index contributed by atoms with van der Waals surface area (Å²) in [5.74, 6) is -3.14. The molecule has 0 atom stereocenters. The number of hydrogen-bond donors (Lipinski definition) is 2. The number of benzene rings is 1. The molecule has 0 aromatic heterocycles. The minimum atomic E-state index is -1.14. The topological polar surface area (TPSA) is 90.3 Å². The Bertz CT molecular complexity index is 740. The highest BCUT2D eigenvalue weighted by Crippen LogP contribution is 2.42. The van der Waals surface area contributed by atoms with E-state index in [-0.39, 0.29) is 17.9 Å². The van der Waals surface area contributed by atoms with E-state index < -0.39 is 17.9 Å². The number of hydrogen-bond acceptors (Lipinski definition) is 5. The first-order valence-electron chi connectivity index (χ1n) is 8.12. The van der Waals surface area contributed by atoms with Gasteiger partial charge in [0.2, 0.25) is 0 Å². The predicted molar refractivity (Wildman–Crippen MR) is 97.9 cm³/mol. The summed E-state index contributed by atoms with van der Waals surface area (Å²) in [6, 6.07) is 7.25. The van der Waals surface area contributed by atoms with Gasteiger partial charge in [-0.25, -0.2) is 9.59 Å². The fourth-order valence-corrected chi connectivity index (χ4v) is 3.28. The average Bonchev–Trinajstić information content (AvgIpc) is 2.57. The van der Waals surface area contributed by atoms with E-state index in [4.69, 9.17) is 4.74 Å². The zero-order valence-corrected chi connectivity index (χ0v) is 15.6. The van der Waals surface area contributed by atoms with Crippen LogP contribution in [0, 0.1) is 0 Å². The first-order chi connectivity index (χ1) is 12.2. The van der Waals surface area contributed by atoms with E-state index in [1.807, 2.05) is 31.1 Å². The van der Waals surface area contributed by atoms with Crippen LogP contribution < -0.4 is 4.90 Å². The number of carbonyl (C=O) groups is 2. The molecular formula is C19H24N2O5. The highest BCUT2D eigenvalue weighted by Gasteiger charge is 2.39. The Morgan fingerprint density at radius 3 is 1.85 bits per heavy atom. The fourth-order valence-electron chi connectivity index (χ4n) is 3.28. The van der Waals surface area contributed by atoms with Gasteiger partial charge in [0.15, 0.2) is 0 Å². The van der Waals surface area contributed by atoms with E-state index in [1.54, 1.807) is 30.9 Å². The molecule has 0 radical (unpaired) electrons. The molecule has 1 aliphatic heterocycles. The van der Waals surface area contributed by atoms with Gasteiger partial charge in [0, 0.05) is 38.3 Å². The third-order valence-corrected chi connectivity index (χ3v) is 4.63. The second kappa shape index (κ2) is 7.61. The molecule has 0 saturated heterocycles. The fraction of sp³-hybridized carbons (Fsp3) is 0.368. The molecule has 0 spiro atoms. The van der Waals surface area contributed by atoms with Crippen molar-refractivity contribution in [1.29, 1.82) is 0 Å². The molecule has 2 rings (SSSR count). The molecule has 0 aliphatic carbocycles. The molecule has 0 unspecified atom stereocenters. The monoisotopic (exact) mass is 360 g/mol. The van der Waals surface area contributed by atoms with Gasteiger partial charge in [-0.05, 0) is 31.5 Å². The number of rotatable bonds is 6. The quantitative estimate of drug-likeness (QED) is 0.805. The van der Waals surface area contributed by atoms with Gasteiger partial charge in [-0.2, -0.15) is 0 Å². The van der Waals surface area contributed by atoms with E-state index in [2.05, 4.69) is 0 Å². The number of nitrogens with zero attached hydrogens (tertiary/aromatic N) is 2. The van der Waals surface area contributed by atoms with Gasteiger partial charge in [-0.15, -0.1) is 0 Å². The summed E-state index contributed by atoms with van der Waals surface area (Å²) in [4.78, 5) is 27.5. The second-order valence-corrected chi connectivity index (χ2v) is 6.37. The molecule has 0 amide bonds. The number of carboxylic acids is 2. The van der Waals surface area contributed by atoms with Crippen molar-refractivity contribution in [1.82, 2.24) is 4.90 Å². The van der Waals surface area contributed by atoms with Crippen molar-refractivity contribution in [2.75, 3.05) is 32.8 Å². The van der Waals surface area contributed by atoms with Crippen LogP contribution in [0.1, 0.15) is 25.3 Å². The lowest BCUT2D eigenvalue weighted by molar-refractivity contribution is -0.133. The van der Waals surface area contributed by atoms with Crippen molar-refractivity contribution >= 4 is 17.6 Å². The molecule has 1 aromatic rings. The van der Waals surface area contributed by atoms with E-state index in [0.29, 0.717) is 17.0 Å². The highest BCUT2D eigenvalue weighted by atomic mass is 16.5. The Kier molecular flexibility index (Phi) is 5.72. The molecule has 1 aromatic carbocycles. The summed E-state index contributed by atoms with van der Waals surface area (Å²) < 4.78 is 5.13. The number of carboxylic acid groups (broad SMARTS) is 2. The molecule has 7 nitrogen and oxygen atoms in total. The summed E-state index contributed by atoms with van der Waals surface area (Å²) >= 11 is 0. The third-order valence-electron chi connectivity index (χ3n) is 4.63.